The average molecular weight is 350 g/mol. The first-order chi connectivity index (χ1) is 10.4. The van der Waals surface area contributed by atoms with Crippen LogP contribution in [0.5, 0.6) is 0 Å². The van der Waals surface area contributed by atoms with E-state index in [1.807, 2.05) is 0 Å². The lowest BCUT2D eigenvalue weighted by atomic mass is 9.91. The summed E-state index contributed by atoms with van der Waals surface area (Å²) >= 11 is 5.65. The largest absolute Gasteiger partial charge is 0.348 e. The predicted octanol–water partition coefficient (Wildman–Crippen LogP) is 2.44. The number of rotatable bonds is 3. The Balaban J connectivity index is 1.67. The summed E-state index contributed by atoms with van der Waals surface area (Å²) in [5.41, 5.74) is 0. The highest BCUT2D eigenvalue weighted by Gasteiger charge is 2.41. The van der Waals surface area contributed by atoms with E-state index in [-0.39, 0.29) is 16.0 Å². The van der Waals surface area contributed by atoms with Gasteiger partial charge in [0.15, 0.2) is 5.79 Å². The summed E-state index contributed by atoms with van der Waals surface area (Å²) in [6, 6.07) is 3.27. The molecule has 5 nitrogen and oxygen atoms in total. The number of sulfonamides is 1. The van der Waals surface area contributed by atoms with E-state index in [1.54, 1.807) is 0 Å². The number of ether oxygens (including phenoxy) is 2. The van der Waals surface area contributed by atoms with Crippen LogP contribution in [0.3, 0.4) is 0 Å². The maximum Gasteiger partial charge on any atom is 0.243 e. The minimum absolute atomic E-state index is 0.159. The van der Waals surface area contributed by atoms with Crippen LogP contribution in [0.25, 0.3) is 0 Å². The Morgan fingerprint density at radius 3 is 2.45 bits per heavy atom. The van der Waals surface area contributed by atoms with E-state index in [0.717, 1.165) is 6.07 Å². The Bertz CT molecular complexity index is 651. The lowest BCUT2D eigenvalue weighted by Gasteiger charge is -2.35. The molecule has 0 radical (unpaired) electrons. The molecule has 1 heterocycles. The SMILES string of the molecule is O=S(=O)(NC1CCC2(CC1)OCCO2)c1ccc(Cl)cc1F. The Morgan fingerprint density at radius 2 is 1.86 bits per heavy atom. The van der Waals surface area contributed by atoms with Crippen LogP contribution in [0.1, 0.15) is 25.7 Å². The molecule has 1 spiro atoms. The van der Waals surface area contributed by atoms with Crippen molar-refractivity contribution in [3.63, 3.8) is 0 Å². The van der Waals surface area contributed by atoms with E-state index in [2.05, 4.69) is 4.72 Å². The number of hydrogen-bond donors (Lipinski definition) is 1. The van der Waals surface area contributed by atoms with Crippen molar-refractivity contribution in [2.75, 3.05) is 13.2 Å². The number of nitrogens with one attached hydrogen (secondary N) is 1. The molecule has 1 aromatic carbocycles. The Hall–Kier alpha value is -0.730. The minimum atomic E-state index is -3.91. The van der Waals surface area contributed by atoms with Crippen LogP contribution < -0.4 is 4.72 Å². The van der Waals surface area contributed by atoms with E-state index in [4.69, 9.17) is 21.1 Å². The normalized spacial score (nSPS) is 22.3. The predicted molar refractivity (Wildman–Crippen MR) is 78.6 cm³/mol. The van der Waals surface area contributed by atoms with Crippen molar-refractivity contribution in [1.82, 2.24) is 4.72 Å². The summed E-state index contributed by atoms with van der Waals surface area (Å²) in [5, 5.41) is 0.159. The Kier molecular flexibility index (Phi) is 4.44. The third-order valence-electron chi connectivity index (χ3n) is 4.07. The van der Waals surface area contributed by atoms with Gasteiger partial charge in [-0.3, -0.25) is 0 Å². The van der Waals surface area contributed by atoms with Gasteiger partial charge in [-0.2, -0.15) is 0 Å². The molecule has 0 bridgehead atoms. The van der Waals surface area contributed by atoms with E-state index in [9.17, 15) is 12.8 Å². The van der Waals surface area contributed by atoms with Crippen LogP contribution in [0.15, 0.2) is 23.1 Å². The first kappa shape index (κ1) is 16.1. The smallest absolute Gasteiger partial charge is 0.243 e. The lowest BCUT2D eigenvalue weighted by molar-refractivity contribution is -0.178. The van der Waals surface area contributed by atoms with Gasteiger partial charge >= 0.3 is 0 Å². The van der Waals surface area contributed by atoms with Gasteiger partial charge in [-0.15, -0.1) is 0 Å². The van der Waals surface area contributed by atoms with Crippen molar-refractivity contribution in [2.45, 2.75) is 42.4 Å². The zero-order valence-corrected chi connectivity index (χ0v) is 13.4. The van der Waals surface area contributed by atoms with Crippen molar-refractivity contribution in [2.24, 2.45) is 0 Å². The topological polar surface area (TPSA) is 64.6 Å². The van der Waals surface area contributed by atoms with Gasteiger partial charge in [-0.25, -0.2) is 17.5 Å². The maximum atomic E-state index is 13.8. The van der Waals surface area contributed by atoms with Crippen molar-refractivity contribution in [3.05, 3.63) is 29.0 Å². The van der Waals surface area contributed by atoms with Crippen LogP contribution in [0, 0.1) is 5.82 Å². The van der Waals surface area contributed by atoms with Gasteiger partial charge in [0.2, 0.25) is 10.0 Å². The molecule has 2 fully saturated rings. The molecule has 1 aromatic rings. The lowest BCUT2D eigenvalue weighted by Crippen LogP contribution is -2.44. The molecule has 0 amide bonds. The molecule has 0 atom stereocenters. The zero-order valence-electron chi connectivity index (χ0n) is 11.8. The average Bonchev–Trinajstić information content (AvgIpc) is 2.89. The molecule has 2 aliphatic rings. The van der Waals surface area contributed by atoms with Gasteiger partial charge in [0.05, 0.1) is 13.2 Å². The summed E-state index contributed by atoms with van der Waals surface area (Å²) in [6.45, 7) is 1.15. The molecule has 1 aliphatic carbocycles. The molecule has 1 aliphatic heterocycles. The highest BCUT2D eigenvalue weighted by Crippen LogP contribution is 2.36. The molecular weight excluding hydrogens is 333 g/mol. The molecule has 22 heavy (non-hydrogen) atoms. The van der Waals surface area contributed by atoms with Gasteiger partial charge in [0.25, 0.3) is 0 Å². The van der Waals surface area contributed by atoms with E-state index >= 15 is 0 Å². The van der Waals surface area contributed by atoms with Crippen LogP contribution in [0.2, 0.25) is 5.02 Å². The quantitative estimate of drug-likeness (QED) is 0.910. The van der Waals surface area contributed by atoms with E-state index < -0.39 is 21.6 Å². The fourth-order valence-electron chi connectivity index (χ4n) is 2.94. The van der Waals surface area contributed by atoms with Crippen molar-refractivity contribution in [3.8, 4) is 0 Å². The first-order valence-electron chi connectivity index (χ1n) is 7.16. The molecule has 0 unspecified atom stereocenters. The molecule has 1 N–H and O–H groups in total. The van der Waals surface area contributed by atoms with Gasteiger partial charge in [0, 0.05) is 23.9 Å². The van der Waals surface area contributed by atoms with Crippen LogP contribution in [0.4, 0.5) is 4.39 Å². The highest BCUT2D eigenvalue weighted by molar-refractivity contribution is 7.89. The Labute approximate surface area is 133 Å². The maximum absolute atomic E-state index is 13.8. The summed E-state index contributed by atoms with van der Waals surface area (Å²) in [6.07, 6.45) is 2.44. The standard InChI is InChI=1S/C14H17ClFNO4S/c15-10-1-2-13(12(16)9-10)22(18,19)17-11-3-5-14(6-4-11)20-7-8-21-14/h1-2,9,11,17H,3-8H2. The summed E-state index contributed by atoms with van der Waals surface area (Å²) in [5.74, 6) is -1.40. The monoisotopic (exact) mass is 349 g/mol. The fraction of sp³-hybridized carbons (Fsp3) is 0.571. The second kappa shape index (κ2) is 6.05. The highest BCUT2D eigenvalue weighted by atomic mass is 35.5. The molecule has 3 rings (SSSR count). The Morgan fingerprint density at radius 1 is 1.23 bits per heavy atom. The zero-order chi connectivity index (χ0) is 15.8. The molecule has 1 saturated carbocycles. The summed E-state index contributed by atoms with van der Waals surface area (Å²) in [7, 11) is -3.91. The molecule has 0 aromatic heterocycles. The summed E-state index contributed by atoms with van der Waals surface area (Å²) in [4.78, 5) is -0.384. The van der Waals surface area contributed by atoms with Crippen molar-refractivity contribution >= 4 is 21.6 Å². The first-order valence-corrected chi connectivity index (χ1v) is 9.02. The second-order valence-corrected chi connectivity index (χ2v) is 7.70. The third-order valence-corrected chi connectivity index (χ3v) is 5.86. The van der Waals surface area contributed by atoms with Crippen LogP contribution in [-0.4, -0.2) is 33.5 Å². The van der Waals surface area contributed by atoms with Gasteiger partial charge in [-0.05, 0) is 31.0 Å². The van der Waals surface area contributed by atoms with Gasteiger partial charge in [-0.1, -0.05) is 11.6 Å². The third kappa shape index (κ3) is 3.28. The van der Waals surface area contributed by atoms with Crippen molar-refractivity contribution < 1.29 is 22.3 Å². The molecular formula is C14H17ClFNO4S. The fourth-order valence-corrected chi connectivity index (χ4v) is 4.46. The number of halogens is 2. The van der Waals surface area contributed by atoms with Crippen molar-refractivity contribution in [1.29, 1.82) is 0 Å². The van der Waals surface area contributed by atoms with E-state index in [1.165, 1.54) is 12.1 Å². The molecule has 122 valence electrons. The summed E-state index contributed by atoms with van der Waals surface area (Å²) < 4.78 is 52.1. The number of benzene rings is 1. The minimum Gasteiger partial charge on any atom is -0.348 e. The van der Waals surface area contributed by atoms with Crippen LogP contribution >= 0.6 is 11.6 Å². The molecule has 1 saturated heterocycles. The van der Waals surface area contributed by atoms with Gasteiger partial charge in [0.1, 0.15) is 10.7 Å². The van der Waals surface area contributed by atoms with Gasteiger partial charge < -0.3 is 9.47 Å². The van der Waals surface area contributed by atoms with E-state index in [0.29, 0.717) is 38.9 Å². The second-order valence-electron chi connectivity index (χ2n) is 5.58. The number of hydrogen-bond acceptors (Lipinski definition) is 4. The molecule has 8 heteroatoms. The van der Waals surface area contributed by atoms with Crippen LogP contribution in [-0.2, 0) is 19.5 Å².